The van der Waals surface area contributed by atoms with E-state index in [1.807, 2.05) is 12.1 Å². The Morgan fingerprint density at radius 2 is 1.93 bits per heavy atom. The van der Waals surface area contributed by atoms with Crippen LogP contribution in [0.4, 0.5) is 0 Å². The van der Waals surface area contributed by atoms with Gasteiger partial charge in [-0.05, 0) is 29.5 Å². The molecule has 0 radical (unpaired) electrons. The Balaban J connectivity index is 1.50. The summed E-state index contributed by atoms with van der Waals surface area (Å²) in [5.41, 5.74) is 7.09. The average Bonchev–Trinajstić information content (AvgIpc) is 3.32. The maximum Gasteiger partial charge on any atom is 0.250 e. The van der Waals surface area contributed by atoms with E-state index in [0.717, 1.165) is 5.56 Å². The zero-order valence-electron chi connectivity index (χ0n) is 13.8. The van der Waals surface area contributed by atoms with Gasteiger partial charge in [-0.15, -0.1) is 10.2 Å². The molecule has 0 fully saturated rings. The van der Waals surface area contributed by atoms with Gasteiger partial charge in [0.1, 0.15) is 6.54 Å². The Labute approximate surface area is 157 Å². The molecule has 0 spiro atoms. The van der Waals surface area contributed by atoms with E-state index in [0.29, 0.717) is 33.7 Å². The molecule has 1 amide bonds. The molecule has 4 aromatic rings. The molecule has 2 aromatic heterocycles. The lowest BCUT2D eigenvalue weighted by Gasteiger charge is -1.97. The number of nitrogens with two attached hydrogens (primary N) is 1. The number of aromatic nitrogens is 6. The number of carbonyl (C=O) groups is 1. The molecule has 9 nitrogen and oxygen atoms in total. The highest BCUT2D eigenvalue weighted by Gasteiger charge is 2.12. The first-order valence-corrected chi connectivity index (χ1v) is 8.23. The number of hydrogen-bond acceptors (Lipinski definition) is 7. The first-order chi connectivity index (χ1) is 13.1. The van der Waals surface area contributed by atoms with Crippen molar-refractivity contribution in [3.63, 3.8) is 0 Å². The average molecular weight is 382 g/mol. The molecule has 134 valence electrons. The highest BCUT2D eigenvalue weighted by Crippen LogP contribution is 2.20. The summed E-state index contributed by atoms with van der Waals surface area (Å²) < 4.78 is 5.24. The van der Waals surface area contributed by atoms with E-state index in [-0.39, 0.29) is 6.54 Å². The van der Waals surface area contributed by atoms with E-state index in [1.165, 1.54) is 4.80 Å². The van der Waals surface area contributed by atoms with Gasteiger partial charge in [-0.3, -0.25) is 4.79 Å². The SMILES string of the molecule is NC(=O)c1ccc(-c2nnn(Cc3nc(-c4cccc(Cl)c4)no3)n2)cc1. The Morgan fingerprint density at radius 3 is 2.67 bits per heavy atom. The van der Waals surface area contributed by atoms with Crippen LogP contribution in [0, 0.1) is 0 Å². The molecule has 0 saturated heterocycles. The third-order valence-corrected chi connectivity index (χ3v) is 3.94. The summed E-state index contributed by atoms with van der Waals surface area (Å²) in [7, 11) is 0. The second kappa shape index (κ2) is 6.96. The van der Waals surface area contributed by atoms with Gasteiger partial charge in [0, 0.05) is 21.7 Å². The monoisotopic (exact) mass is 381 g/mol. The van der Waals surface area contributed by atoms with Crippen molar-refractivity contribution in [2.75, 3.05) is 0 Å². The number of halogens is 1. The minimum atomic E-state index is -0.495. The first kappa shape index (κ1) is 16.9. The number of carbonyl (C=O) groups excluding carboxylic acids is 1. The van der Waals surface area contributed by atoms with Crippen molar-refractivity contribution in [1.82, 2.24) is 30.3 Å². The largest absolute Gasteiger partial charge is 0.366 e. The van der Waals surface area contributed by atoms with Crippen LogP contribution >= 0.6 is 11.6 Å². The van der Waals surface area contributed by atoms with Gasteiger partial charge in [0.15, 0.2) is 0 Å². The van der Waals surface area contributed by atoms with Crippen LogP contribution in [0.15, 0.2) is 53.1 Å². The topological polar surface area (TPSA) is 126 Å². The third-order valence-electron chi connectivity index (χ3n) is 3.71. The van der Waals surface area contributed by atoms with E-state index in [9.17, 15) is 4.79 Å². The van der Waals surface area contributed by atoms with E-state index in [2.05, 4.69) is 25.6 Å². The molecule has 2 aromatic carbocycles. The second-order valence-corrected chi connectivity index (χ2v) is 6.04. The van der Waals surface area contributed by atoms with E-state index >= 15 is 0 Å². The zero-order chi connectivity index (χ0) is 18.8. The first-order valence-electron chi connectivity index (χ1n) is 7.85. The van der Waals surface area contributed by atoms with E-state index < -0.39 is 5.91 Å². The molecule has 2 heterocycles. The van der Waals surface area contributed by atoms with E-state index in [4.69, 9.17) is 21.9 Å². The minimum Gasteiger partial charge on any atom is -0.366 e. The highest BCUT2D eigenvalue weighted by molar-refractivity contribution is 6.30. The zero-order valence-corrected chi connectivity index (χ0v) is 14.5. The van der Waals surface area contributed by atoms with Crippen molar-refractivity contribution in [3.05, 3.63) is 65.0 Å². The maximum atomic E-state index is 11.1. The molecule has 0 unspecified atom stereocenters. The summed E-state index contributed by atoms with van der Waals surface area (Å²) >= 11 is 5.98. The van der Waals surface area contributed by atoms with Gasteiger partial charge in [-0.2, -0.15) is 9.78 Å². The fourth-order valence-electron chi connectivity index (χ4n) is 2.39. The number of tetrazole rings is 1. The van der Waals surface area contributed by atoms with Gasteiger partial charge >= 0.3 is 0 Å². The third kappa shape index (κ3) is 3.67. The van der Waals surface area contributed by atoms with Crippen LogP contribution < -0.4 is 5.73 Å². The Morgan fingerprint density at radius 1 is 1.11 bits per heavy atom. The molecular formula is C17H12ClN7O2. The predicted molar refractivity (Wildman–Crippen MR) is 95.6 cm³/mol. The molecule has 0 atom stereocenters. The number of benzene rings is 2. The van der Waals surface area contributed by atoms with Crippen molar-refractivity contribution < 1.29 is 9.32 Å². The van der Waals surface area contributed by atoms with Gasteiger partial charge in [0.2, 0.25) is 17.6 Å². The van der Waals surface area contributed by atoms with Crippen LogP contribution in [0.2, 0.25) is 5.02 Å². The molecule has 27 heavy (non-hydrogen) atoms. The molecule has 0 aliphatic carbocycles. The number of hydrogen-bond donors (Lipinski definition) is 1. The number of amides is 1. The lowest BCUT2D eigenvalue weighted by Crippen LogP contribution is -2.10. The number of nitrogens with zero attached hydrogens (tertiary/aromatic N) is 6. The Kier molecular flexibility index (Phi) is 4.35. The molecule has 10 heteroatoms. The van der Waals surface area contributed by atoms with Gasteiger partial charge in [0.05, 0.1) is 0 Å². The van der Waals surface area contributed by atoms with E-state index in [1.54, 1.807) is 36.4 Å². The summed E-state index contributed by atoms with van der Waals surface area (Å²) in [6, 6.07) is 13.8. The molecule has 0 aliphatic rings. The van der Waals surface area contributed by atoms with Crippen molar-refractivity contribution in [1.29, 1.82) is 0 Å². The van der Waals surface area contributed by atoms with Crippen LogP contribution in [-0.2, 0) is 6.54 Å². The smallest absolute Gasteiger partial charge is 0.250 e. The van der Waals surface area contributed by atoms with Crippen molar-refractivity contribution in [2.45, 2.75) is 6.54 Å². The molecule has 4 rings (SSSR count). The van der Waals surface area contributed by atoms with Gasteiger partial charge in [0.25, 0.3) is 5.89 Å². The van der Waals surface area contributed by atoms with Crippen LogP contribution in [-0.4, -0.2) is 36.3 Å². The molecule has 0 saturated carbocycles. The van der Waals surface area contributed by atoms with Gasteiger partial charge < -0.3 is 10.3 Å². The fourth-order valence-corrected chi connectivity index (χ4v) is 2.58. The maximum absolute atomic E-state index is 11.1. The minimum absolute atomic E-state index is 0.167. The number of primary amides is 1. The Hall–Kier alpha value is -3.59. The van der Waals surface area contributed by atoms with Crippen molar-refractivity contribution >= 4 is 17.5 Å². The lowest BCUT2D eigenvalue weighted by atomic mass is 10.1. The number of rotatable bonds is 5. The second-order valence-electron chi connectivity index (χ2n) is 5.61. The highest BCUT2D eigenvalue weighted by atomic mass is 35.5. The van der Waals surface area contributed by atoms with Crippen LogP contribution in [0.25, 0.3) is 22.8 Å². The predicted octanol–water partition coefficient (Wildman–Crippen LogP) is 2.19. The fraction of sp³-hybridized carbons (Fsp3) is 0.0588. The summed E-state index contributed by atoms with van der Waals surface area (Å²) in [5, 5.41) is 16.8. The molecule has 2 N–H and O–H groups in total. The van der Waals surface area contributed by atoms with Crippen molar-refractivity contribution in [3.8, 4) is 22.8 Å². The normalized spacial score (nSPS) is 10.9. The van der Waals surface area contributed by atoms with Gasteiger partial charge in [-0.1, -0.05) is 41.0 Å². The van der Waals surface area contributed by atoms with Crippen LogP contribution in [0.1, 0.15) is 16.2 Å². The summed E-state index contributed by atoms with van der Waals surface area (Å²) in [4.78, 5) is 16.8. The lowest BCUT2D eigenvalue weighted by molar-refractivity contribution is 0.100. The van der Waals surface area contributed by atoms with Crippen LogP contribution in [0.5, 0.6) is 0 Å². The Bertz CT molecular complexity index is 1100. The standard InChI is InChI=1S/C17H12ClN7O2/c18-13-3-1-2-12(8-13)16-20-14(27-23-16)9-25-22-17(21-24-25)11-6-4-10(5-7-11)15(19)26/h1-8H,9H2,(H2,19,26). The summed E-state index contributed by atoms with van der Waals surface area (Å²) in [6.07, 6.45) is 0. The molecule has 0 aliphatic heterocycles. The van der Waals surface area contributed by atoms with Crippen molar-refractivity contribution in [2.24, 2.45) is 5.73 Å². The molecular weight excluding hydrogens is 370 g/mol. The summed E-state index contributed by atoms with van der Waals surface area (Å²) in [6.45, 7) is 0.167. The summed E-state index contributed by atoms with van der Waals surface area (Å²) in [5.74, 6) is 0.665. The van der Waals surface area contributed by atoms with Crippen LogP contribution in [0.3, 0.4) is 0 Å². The molecule has 0 bridgehead atoms. The van der Waals surface area contributed by atoms with Gasteiger partial charge in [-0.25, -0.2) is 0 Å². The quantitative estimate of drug-likeness (QED) is 0.561.